The Morgan fingerprint density at radius 1 is 1.00 bits per heavy atom. The molecule has 0 aliphatic rings. The second-order valence-corrected chi connectivity index (χ2v) is 9.58. The molecular weight excluding hydrogens is 468 g/mol. The normalized spacial score (nSPS) is 11.5. The molecule has 0 aliphatic carbocycles. The summed E-state index contributed by atoms with van der Waals surface area (Å²) in [7, 11) is -3.61. The molecule has 0 saturated heterocycles. The van der Waals surface area contributed by atoms with E-state index in [-0.39, 0.29) is 23.9 Å². The molecule has 0 saturated carbocycles. The molecule has 0 atom stereocenters. The number of nitrogens with one attached hydrogen (secondary N) is 2. The van der Waals surface area contributed by atoms with E-state index in [1.165, 1.54) is 0 Å². The van der Waals surface area contributed by atoms with Gasteiger partial charge in [-0.25, -0.2) is 17.8 Å². The second kappa shape index (κ2) is 9.11. The summed E-state index contributed by atoms with van der Waals surface area (Å²) in [5.41, 5.74) is 3.64. The summed E-state index contributed by atoms with van der Waals surface area (Å²) in [4.78, 5) is 12.9. The fourth-order valence-electron chi connectivity index (χ4n) is 3.06. The maximum atomic E-state index is 12.7. The minimum absolute atomic E-state index is 0.0842. The van der Waals surface area contributed by atoms with E-state index < -0.39 is 10.0 Å². The Balaban J connectivity index is 1.63. The van der Waals surface area contributed by atoms with Gasteiger partial charge in [0.25, 0.3) is 5.91 Å². The molecule has 1 amide bonds. The van der Waals surface area contributed by atoms with Crippen molar-refractivity contribution in [1.82, 2.24) is 19.8 Å². The first-order valence-electron chi connectivity index (χ1n) is 9.36. The number of rotatable bonds is 7. The monoisotopic (exact) mass is 490 g/mol. The maximum absolute atomic E-state index is 12.7. The minimum atomic E-state index is -3.61. The van der Waals surface area contributed by atoms with Crippen molar-refractivity contribution in [3.05, 3.63) is 75.5 Å². The molecule has 3 rings (SSSR count). The van der Waals surface area contributed by atoms with Gasteiger partial charge in [0.15, 0.2) is 0 Å². The lowest BCUT2D eigenvalue weighted by atomic mass is 10.2. The number of sulfonamides is 1. The Morgan fingerprint density at radius 2 is 1.63 bits per heavy atom. The Labute approximate surface area is 184 Å². The van der Waals surface area contributed by atoms with Gasteiger partial charge in [-0.15, -0.1) is 0 Å². The van der Waals surface area contributed by atoms with Crippen LogP contribution in [-0.4, -0.2) is 37.2 Å². The zero-order chi connectivity index (χ0) is 21.9. The van der Waals surface area contributed by atoms with Crippen molar-refractivity contribution in [2.45, 2.75) is 25.7 Å². The maximum Gasteiger partial charge on any atom is 0.255 e. The summed E-state index contributed by atoms with van der Waals surface area (Å²) >= 11 is 3.40. The van der Waals surface area contributed by atoms with Gasteiger partial charge in [-0.1, -0.05) is 33.6 Å². The molecule has 30 heavy (non-hydrogen) atoms. The van der Waals surface area contributed by atoms with Crippen LogP contribution in [0.1, 0.15) is 27.3 Å². The van der Waals surface area contributed by atoms with Crippen molar-refractivity contribution in [1.29, 1.82) is 0 Å². The number of aryl methyl sites for hydroxylation is 2. The molecule has 3 aromatic rings. The first kappa shape index (κ1) is 22.2. The molecule has 0 spiro atoms. The fraction of sp³-hybridized carbons (Fsp3) is 0.238. The lowest BCUT2D eigenvalue weighted by molar-refractivity contribution is 0.0953. The van der Waals surface area contributed by atoms with E-state index in [1.807, 2.05) is 38.1 Å². The van der Waals surface area contributed by atoms with Crippen molar-refractivity contribution in [2.24, 2.45) is 0 Å². The molecule has 2 N–H and O–H groups in total. The second-order valence-electron chi connectivity index (χ2n) is 6.90. The molecule has 1 aromatic heterocycles. The molecule has 1 heterocycles. The topological polar surface area (TPSA) is 93.1 Å². The van der Waals surface area contributed by atoms with Gasteiger partial charge >= 0.3 is 0 Å². The van der Waals surface area contributed by atoms with Crippen LogP contribution in [-0.2, 0) is 10.0 Å². The van der Waals surface area contributed by atoms with Gasteiger partial charge in [0, 0.05) is 17.6 Å². The first-order chi connectivity index (χ1) is 14.2. The van der Waals surface area contributed by atoms with Crippen LogP contribution < -0.4 is 10.0 Å². The number of carbonyl (C=O) groups excluding carboxylic acids is 1. The Bertz CT molecular complexity index is 1150. The Morgan fingerprint density at radius 3 is 2.27 bits per heavy atom. The van der Waals surface area contributed by atoms with Crippen molar-refractivity contribution in [3.8, 4) is 5.69 Å². The highest BCUT2D eigenvalue weighted by atomic mass is 79.9. The molecule has 0 fully saturated rings. The van der Waals surface area contributed by atoms with Crippen molar-refractivity contribution < 1.29 is 13.2 Å². The van der Waals surface area contributed by atoms with E-state index in [9.17, 15) is 13.2 Å². The number of benzene rings is 2. The van der Waals surface area contributed by atoms with Crippen LogP contribution in [0.25, 0.3) is 5.69 Å². The van der Waals surface area contributed by atoms with Crippen LogP contribution >= 0.6 is 15.9 Å². The SMILES string of the molecule is Cc1ccc(S(=O)(=O)NCCNC(=O)c2c(C)nn(-c3ccc(Br)cc3)c2C)cc1. The standard InChI is InChI=1S/C21H23BrN4O3S/c1-14-4-10-19(11-5-14)30(28,29)24-13-12-23-21(27)20-15(2)25-26(16(20)3)18-8-6-17(22)7-9-18/h4-11,24H,12-13H2,1-3H3,(H,23,27). The highest BCUT2D eigenvalue weighted by molar-refractivity contribution is 9.10. The summed E-state index contributed by atoms with van der Waals surface area (Å²) in [6.07, 6.45) is 0. The van der Waals surface area contributed by atoms with Crippen LogP contribution in [0.4, 0.5) is 0 Å². The van der Waals surface area contributed by atoms with Crippen molar-refractivity contribution in [2.75, 3.05) is 13.1 Å². The van der Waals surface area contributed by atoms with Crippen LogP contribution in [0.3, 0.4) is 0 Å². The molecule has 2 aromatic carbocycles. The molecule has 0 aliphatic heterocycles. The first-order valence-corrected chi connectivity index (χ1v) is 11.6. The average Bonchev–Trinajstić information content (AvgIpc) is 3.00. The molecule has 0 radical (unpaired) electrons. The molecular formula is C21H23BrN4O3S. The van der Waals surface area contributed by atoms with Gasteiger partial charge in [0.05, 0.1) is 27.5 Å². The van der Waals surface area contributed by atoms with Crippen molar-refractivity contribution >= 4 is 31.9 Å². The van der Waals surface area contributed by atoms with E-state index in [0.29, 0.717) is 17.0 Å². The predicted molar refractivity (Wildman–Crippen MR) is 119 cm³/mol. The number of amides is 1. The van der Waals surface area contributed by atoms with E-state index in [4.69, 9.17) is 0 Å². The van der Waals surface area contributed by atoms with E-state index in [0.717, 1.165) is 15.7 Å². The van der Waals surface area contributed by atoms with Crippen molar-refractivity contribution in [3.63, 3.8) is 0 Å². The van der Waals surface area contributed by atoms with E-state index in [1.54, 1.807) is 35.9 Å². The zero-order valence-electron chi connectivity index (χ0n) is 16.9. The van der Waals surface area contributed by atoms with Crippen LogP contribution in [0.15, 0.2) is 57.9 Å². The summed E-state index contributed by atoms with van der Waals surface area (Å²) in [5, 5.41) is 7.24. The average molecular weight is 491 g/mol. The van der Waals surface area contributed by atoms with Crippen LogP contribution in [0, 0.1) is 20.8 Å². The van der Waals surface area contributed by atoms with Crippen LogP contribution in [0.5, 0.6) is 0 Å². The number of hydrogen-bond acceptors (Lipinski definition) is 4. The predicted octanol–water partition coefficient (Wildman–Crippen LogP) is 3.27. The Kier molecular flexibility index (Phi) is 6.74. The lowest BCUT2D eigenvalue weighted by Gasteiger charge is -2.09. The number of aromatic nitrogens is 2. The zero-order valence-corrected chi connectivity index (χ0v) is 19.3. The van der Waals surface area contributed by atoms with Gasteiger partial charge in [-0.05, 0) is 57.2 Å². The lowest BCUT2D eigenvalue weighted by Crippen LogP contribution is -2.35. The fourth-order valence-corrected chi connectivity index (χ4v) is 4.35. The summed E-state index contributed by atoms with van der Waals surface area (Å²) in [6.45, 7) is 5.74. The minimum Gasteiger partial charge on any atom is -0.351 e. The number of nitrogens with zero attached hydrogens (tertiary/aromatic N) is 2. The summed E-state index contributed by atoms with van der Waals surface area (Å²) < 4.78 is 29.8. The summed E-state index contributed by atoms with van der Waals surface area (Å²) in [5.74, 6) is -0.289. The number of halogens is 1. The quantitative estimate of drug-likeness (QED) is 0.497. The van der Waals surface area contributed by atoms with Gasteiger partial charge in [-0.3, -0.25) is 4.79 Å². The number of hydrogen-bond donors (Lipinski definition) is 2. The van der Waals surface area contributed by atoms with Crippen LogP contribution in [0.2, 0.25) is 0 Å². The molecule has 7 nitrogen and oxygen atoms in total. The third kappa shape index (κ3) is 4.97. The number of carbonyl (C=O) groups is 1. The smallest absolute Gasteiger partial charge is 0.255 e. The van der Waals surface area contributed by atoms with Gasteiger partial charge in [-0.2, -0.15) is 5.10 Å². The third-order valence-electron chi connectivity index (χ3n) is 4.62. The molecule has 9 heteroatoms. The molecule has 0 unspecified atom stereocenters. The van der Waals surface area contributed by atoms with E-state index >= 15 is 0 Å². The molecule has 158 valence electrons. The molecule has 0 bridgehead atoms. The summed E-state index contributed by atoms with van der Waals surface area (Å²) in [6, 6.07) is 14.2. The highest BCUT2D eigenvalue weighted by Crippen LogP contribution is 2.19. The Hall–Kier alpha value is -2.49. The van der Waals surface area contributed by atoms with E-state index in [2.05, 4.69) is 31.1 Å². The third-order valence-corrected chi connectivity index (χ3v) is 6.63. The van der Waals surface area contributed by atoms with Gasteiger partial charge < -0.3 is 5.32 Å². The van der Waals surface area contributed by atoms with Gasteiger partial charge in [0.1, 0.15) is 0 Å². The largest absolute Gasteiger partial charge is 0.351 e. The highest BCUT2D eigenvalue weighted by Gasteiger charge is 2.19. The van der Waals surface area contributed by atoms with Gasteiger partial charge in [0.2, 0.25) is 10.0 Å².